The third-order valence-corrected chi connectivity index (χ3v) is 4.19. The van der Waals surface area contributed by atoms with Crippen LogP contribution in [0, 0.1) is 5.92 Å². The van der Waals surface area contributed by atoms with E-state index in [1.807, 2.05) is 27.0 Å². The Bertz CT molecular complexity index is 534. The third-order valence-electron chi connectivity index (χ3n) is 3.46. The largest absolute Gasteiger partial charge is 0.444 e. The number of thioether (sulfide) groups is 1. The summed E-state index contributed by atoms with van der Waals surface area (Å²) < 4.78 is 11.2. The van der Waals surface area contributed by atoms with Crippen molar-refractivity contribution in [2.75, 3.05) is 26.0 Å². The van der Waals surface area contributed by atoms with E-state index in [9.17, 15) is 4.79 Å². The molecule has 128 valence electrons. The van der Waals surface area contributed by atoms with Crippen molar-refractivity contribution in [3.63, 3.8) is 0 Å². The van der Waals surface area contributed by atoms with Gasteiger partial charge in [0.2, 0.25) is 0 Å². The van der Waals surface area contributed by atoms with E-state index >= 15 is 0 Å². The van der Waals surface area contributed by atoms with Crippen molar-refractivity contribution in [2.45, 2.75) is 44.4 Å². The van der Waals surface area contributed by atoms with Crippen LogP contribution in [0.3, 0.4) is 0 Å². The van der Waals surface area contributed by atoms with E-state index in [0.717, 1.165) is 23.7 Å². The maximum Gasteiger partial charge on any atom is 0.410 e. The number of amides is 1. The first-order valence-electron chi connectivity index (χ1n) is 7.78. The van der Waals surface area contributed by atoms with Gasteiger partial charge in [-0.1, -0.05) is 0 Å². The number of ether oxygens (including phenoxy) is 2. The molecule has 1 saturated heterocycles. The summed E-state index contributed by atoms with van der Waals surface area (Å²) in [6.45, 7) is 8.12. The number of carbonyl (C=O) groups is 1. The molecule has 1 amide bonds. The molecule has 2 heterocycles. The maximum atomic E-state index is 12.0. The summed E-state index contributed by atoms with van der Waals surface area (Å²) in [6.07, 6.45) is 6.04. The minimum Gasteiger partial charge on any atom is -0.444 e. The molecule has 1 aliphatic heterocycles. The second-order valence-corrected chi connectivity index (χ2v) is 7.40. The maximum absolute atomic E-state index is 12.0. The van der Waals surface area contributed by atoms with Crippen LogP contribution in [0.2, 0.25) is 0 Å². The average molecular weight is 339 g/mol. The Hall–Kier alpha value is -1.34. The fraction of sp³-hybridized carbons (Fsp3) is 0.688. The first-order valence-corrected chi connectivity index (χ1v) is 9.01. The summed E-state index contributed by atoms with van der Waals surface area (Å²) in [6, 6.07) is 0. The van der Waals surface area contributed by atoms with Gasteiger partial charge in [0.1, 0.15) is 10.6 Å². The van der Waals surface area contributed by atoms with Crippen LogP contribution in [0.5, 0.6) is 0 Å². The molecular weight excluding hydrogens is 314 g/mol. The van der Waals surface area contributed by atoms with Crippen LogP contribution in [-0.2, 0) is 16.1 Å². The van der Waals surface area contributed by atoms with Gasteiger partial charge in [-0.25, -0.2) is 9.78 Å². The van der Waals surface area contributed by atoms with Gasteiger partial charge in [0.15, 0.2) is 0 Å². The topological polar surface area (TPSA) is 64.6 Å². The molecular formula is C16H25N3O3S. The lowest BCUT2D eigenvalue weighted by atomic mass is 10.1. The first-order chi connectivity index (χ1) is 10.9. The number of carbonyl (C=O) groups excluding carboxylic acids is 1. The minimum atomic E-state index is -0.453. The molecule has 0 saturated carbocycles. The number of aromatic nitrogens is 2. The minimum absolute atomic E-state index is 0.237. The predicted octanol–water partition coefficient (Wildman–Crippen LogP) is 2.97. The lowest BCUT2D eigenvalue weighted by molar-refractivity contribution is 0.0270. The van der Waals surface area contributed by atoms with Crippen LogP contribution in [0.1, 0.15) is 32.9 Å². The van der Waals surface area contributed by atoms with E-state index in [2.05, 4.69) is 9.97 Å². The second kappa shape index (κ2) is 7.97. The smallest absolute Gasteiger partial charge is 0.410 e. The van der Waals surface area contributed by atoms with Gasteiger partial charge < -0.3 is 14.4 Å². The zero-order chi connectivity index (χ0) is 16.9. The zero-order valence-corrected chi connectivity index (χ0v) is 15.1. The van der Waals surface area contributed by atoms with E-state index in [-0.39, 0.29) is 6.09 Å². The molecule has 0 radical (unpaired) electrons. The standard InChI is InChI=1S/C16H25N3O3S/c1-16(2,3)22-15(20)19-8-5-12(9-19)10-21-11-13-14(23-4)18-7-6-17-13/h6-7,12H,5,8-11H2,1-4H3/t12-/m0/s1. The Morgan fingerprint density at radius 2 is 2.13 bits per heavy atom. The Morgan fingerprint density at radius 1 is 1.39 bits per heavy atom. The molecule has 0 aromatic carbocycles. The molecule has 0 unspecified atom stereocenters. The molecule has 1 aliphatic rings. The van der Waals surface area contributed by atoms with Crippen molar-refractivity contribution < 1.29 is 14.3 Å². The van der Waals surface area contributed by atoms with Gasteiger partial charge >= 0.3 is 6.09 Å². The molecule has 2 rings (SSSR count). The molecule has 23 heavy (non-hydrogen) atoms. The van der Waals surface area contributed by atoms with Crippen LogP contribution >= 0.6 is 11.8 Å². The Morgan fingerprint density at radius 3 is 2.83 bits per heavy atom. The highest BCUT2D eigenvalue weighted by molar-refractivity contribution is 7.98. The number of likely N-dealkylation sites (tertiary alicyclic amines) is 1. The van der Waals surface area contributed by atoms with Crippen molar-refractivity contribution in [3.05, 3.63) is 18.1 Å². The van der Waals surface area contributed by atoms with E-state index in [0.29, 0.717) is 25.7 Å². The highest BCUT2D eigenvalue weighted by atomic mass is 32.2. The molecule has 0 bridgehead atoms. The van der Waals surface area contributed by atoms with Crippen LogP contribution in [0.25, 0.3) is 0 Å². The molecule has 1 aromatic rings. The van der Waals surface area contributed by atoms with Gasteiger partial charge in [0.05, 0.1) is 18.9 Å². The van der Waals surface area contributed by atoms with Gasteiger partial charge in [-0.15, -0.1) is 11.8 Å². The monoisotopic (exact) mass is 339 g/mol. The first kappa shape index (κ1) is 18.0. The van der Waals surface area contributed by atoms with Crippen molar-refractivity contribution >= 4 is 17.9 Å². The summed E-state index contributed by atoms with van der Waals surface area (Å²) in [5.74, 6) is 0.344. The highest BCUT2D eigenvalue weighted by Gasteiger charge is 2.29. The quantitative estimate of drug-likeness (QED) is 0.769. The highest BCUT2D eigenvalue weighted by Crippen LogP contribution is 2.21. The SMILES string of the molecule is CSc1nccnc1COC[C@H]1CCN(C(=O)OC(C)(C)C)C1. The summed E-state index contributed by atoms with van der Waals surface area (Å²) in [4.78, 5) is 22.4. The van der Waals surface area contributed by atoms with Gasteiger partial charge in [-0.3, -0.25) is 4.98 Å². The lowest BCUT2D eigenvalue weighted by Crippen LogP contribution is -2.35. The molecule has 1 atom stereocenters. The number of hydrogen-bond donors (Lipinski definition) is 0. The lowest BCUT2D eigenvalue weighted by Gasteiger charge is -2.24. The average Bonchev–Trinajstić information content (AvgIpc) is 2.95. The fourth-order valence-corrected chi connectivity index (χ4v) is 2.92. The molecule has 0 spiro atoms. The summed E-state index contributed by atoms with van der Waals surface area (Å²) in [7, 11) is 0. The van der Waals surface area contributed by atoms with Crippen molar-refractivity contribution in [2.24, 2.45) is 5.92 Å². The van der Waals surface area contributed by atoms with E-state index in [1.54, 1.807) is 29.1 Å². The molecule has 0 aliphatic carbocycles. The molecule has 1 aromatic heterocycles. The second-order valence-electron chi connectivity index (χ2n) is 6.61. The molecule has 6 nitrogen and oxygen atoms in total. The van der Waals surface area contributed by atoms with Crippen LogP contribution in [0.15, 0.2) is 17.4 Å². The van der Waals surface area contributed by atoms with Gasteiger partial charge in [-0.2, -0.15) is 0 Å². The van der Waals surface area contributed by atoms with Crippen LogP contribution in [-0.4, -0.2) is 52.5 Å². The normalized spacial score (nSPS) is 18.3. The third kappa shape index (κ3) is 5.66. The van der Waals surface area contributed by atoms with Gasteiger partial charge in [0, 0.05) is 31.4 Å². The molecule has 7 heteroatoms. The number of nitrogens with zero attached hydrogens (tertiary/aromatic N) is 3. The molecule has 0 N–H and O–H groups in total. The Kier molecular flexibility index (Phi) is 6.24. The summed E-state index contributed by atoms with van der Waals surface area (Å²) in [5, 5.41) is 0.898. The fourth-order valence-electron chi connectivity index (χ4n) is 2.41. The predicted molar refractivity (Wildman–Crippen MR) is 89.4 cm³/mol. The van der Waals surface area contributed by atoms with E-state index in [4.69, 9.17) is 9.47 Å². The zero-order valence-electron chi connectivity index (χ0n) is 14.2. The van der Waals surface area contributed by atoms with Crippen LogP contribution in [0.4, 0.5) is 4.79 Å². The number of hydrogen-bond acceptors (Lipinski definition) is 6. The van der Waals surface area contributed by atoms with Crippen molar-refractivity contribution in [1.29, 1.82) is 0 Å². The summed E-state index contributed by atoms with van der Waals surface area (Å²) in [5.41, 5.74) is 0.410. The molecule has 1 fully saturated rings. The summed E-state index contributed by atoms with van der Waals surface area (Å²) >= 11 is 1.56. The van der Waals surface area contributed by atoms with Crippen molar-refractivity contribution in [1.82, 2.24) is 14.9 Å². The number of rotatable bonds is 5. The van der Waals surface area contributed by atoms with Gasteiger partial charge in [-0.05, 0) is 33.4 Å². The Balaban J connectivity index is 1.75. The van der Waals surface area contributed by atoms with Gasteiger partial charge in [0.25, 0.3) is 0 Å². The van der Waals surface area contributed by atoms with E-state index < -0.39 is 5.60 Å². The van der Waals surface area contributed by atoms with E-state index in [1.165, 1.54) is 0 Å². The Labute approximate surface area is 142 Å². The van der Waals surface area contributed by atoms with Crippen LogP contribution < -0.4 is 0 Å². The van der Waals surface area contributed by atoms with Crippen molar-refractivity contribution in [3.8, 4) is 0 Å².